The van der Waals surface area contributed by atoms with E-state index in [4.69, 9.17) is 11.6 Å². The minimum absolute atomic E-state index is 0.0395. The number of benzene rings is 1. The zero-order valence-electron chi connectivity index (χ0n) is 9.18. The Bertz CT molecular complexity index is 395. The number of ether oxygens (including phenoxy) is 1. The van der Waals surface area contributed by atoms with Gasteiger partial charge in [0.05, 0.1) is 17.7 Å². The van der Waals surface area contributed by atoms with Crippen molar-refractivity contribution in [3.05, 3.63) is 34.6 Å². The lowest BCUT2D eigenvalue weighted by molar-refractivity contribution is -0.179. The summed E-state index contributed by atoms with van der Waals surface area (Å²) in [5.74, 6) is -0.594. The molecule has 2 nitrogen and oxygen atoms in total. The maximum atomic E-state index is 12.8. The van der Waals surface area contributed by atoms with Gasteiger partial charge in [0, 0.05) is 6.42 Å². The molecule has 0 saturated carbocycles. The molecule has 0 aromatic heterocycles. The number of aliphatic hydroxyl groups is 1. The van der Waals surface area contributed by atoms with E-state index in [9.17, 15) is 22.7 Å². The van der Waals surface area contributed by atoms with Crippen LogP contribution in [0.25, 0.3) is 0 Å². The van der Waals surface area contributed by atoms with Crippen LogP contribution in [0.3, 0.4) is 0 Å². The van der Waals surface area contributed by atoms with Gasteiger partial charge < -0.3 is 9.84 Å². The molecule has 0 radical (unpaired) electrons. The van der Waals surface area contributed by atoms with Crippen molar-refractivity contribution in [1.82, 2.24) is 0 Å². The van der Waals surface area contributed by atoms with Crippen molar-refractivity contribution >= 4 is 11.6 Å². The topological polar surface area (TPSA) is 29.5 Å². The van der Waals surface area contributed by atoms with Gasteiger partial charge in [0.2, 0.25) is 0 Å². The second kappa shape index (κ2) is 6.36. The highest BCUT2D eigenvalue weighted by atomic mass is 35.5. The third kappa shape index (κ3) is 5.66. The van der Waals surface area contributed by atoms with Gasteiger partial charge in [-0.05, 0) is 17.7 Å². The Kier molecular flexibility index (Phi) is 5.37. The molecule has 0 aliphatic rings. The minimum Gasteiger partial charge on any atom is -0.390 e. The van der Waals surface area contributed by atoms with Crippen molar-refractivity contribution in [2.24, 2.45) is 0 Å². The molecule has 1 aromatic carbocycles. The van der Waals surface area contributed by atoms with Crippen molar-refractivity contribution < 1.29 is 27.4 Å². The fourth-order valence-electron chi connectivity index (χ4n) is 1.31. The number of alkyl halides is 3. The molecule has 7 heteroatoms. The van der Waals surface area contributed by atoms with Crippen molar-refractivity contribution in [1.29, 1.82) is 0 Å². The predicted octanol–water partition coefficient (Wildman–Crippen LogP) is 2.96. The van der Waals surface area contributed by atoms with Crippen LogP contribution in [0.15, 0.2) is 18.2 Å². The van der Waals surface area contributed by atoms with E-state index in [1.54, 1.807) is 0 Å². The lowest BCUT2D eigenvalue weighted by atomic mass is 10.1. The highest BCUT2D eigenvalue weighted by Gasteiger charge is 2.27. The quantitative estimate of drug-likeness (QED) is 0.843. The van der Waals surface area contributed by atoms with Crippen molar-refractivity contribution in [2.75, 3.05) is 13.2 Å². The van der Waals surface area contributed by atoms with Crippen molar-refractivity contribution in [2.45, 2.75) is 18.7 Å². The first kappa shape index (κ1) is 15.2. The van der Waals surface area contributed by atoms with Gasteiger partial charge in [-0.25, -0.2) is 4.39 Å². The number of halogens is 5. The second-order valence-corrected chi connectivity index (χ2v) is 4.14. The Hall–Kier alpha value is -0.850. The normalized spacial score (nSPS) is 13.7. The monoisotopic (exact) mass is 286 g/mol. The van der Waals surface area contributed by atoms with Crippen molar-refractivity contribution in [3.8, 4) is 0 Å². The third-order valence-electron chi connectivity index (χ3n) is 2.03. The molecule has 1 unspecified atom stereocenters. The number of aliphatic hydroxyl groups excluding tert-OH is 1. The molecule has 0 fully saturated rings. The average Bonchev–Trinajstić information content (AvgIpc) is 2.21. The summed E-state index contributed by atoms with van der Waals surface area (Å²) in [5.41, 5.74) is 0.518. The highest BCUT2D eigenvalue weighted by molar-refractivity contribution is 6.30. The number of hydrogen-bond donors (Lipinski definition) is 1. The van der Waals surface area contributed by atoms with E-state index in [0.717, 1.165) is 6.07 Å². The van der Waals surface area contributed by atoms with Crippen LogP contribution in [-0.2, 0) is 11.2 Å². The van der Waals surface area contributed by atoms with Crippen LogP contribution < -0.4 is 0 Å². The standard InChI is InChI=1S/C11H11ClF4O2/c12-9-4-7(1-2-10(9)13)3-8(17)5-18-6-11(14,15)16/h1-2,4,8,17H,3,5-6H2. The van der Waals surface area contributed by atoms with Crippen LogP contribution in [0.4, 0.5) is 17.6 Å². The smallest absolute Gasteiger partial charge is 0.390 e. The molecule has 0 saturated heterocycles. The molecule has 18 heavy (non-hydrogen) atoms. The van der Waals surface area contributed by atoms with Gasteiger partial charge in [-0.15, -0.1) is 0 Å². The van der Waals surface area contributed by atoms with E-state index in [1.807, 2.05) is 0 Å². The maximum absolute atomic E-state index is 12.8. The van der Waals surface area contributed by atoms with Crippen LogP contribution in [0.2, 0.25) is 5.02 Å². The maximum Gasteiger partial charge on any atom is 0.411 e. The Morgan fingerprint density at radius 1 is 1.33 bits per heavy atom. The van der Waals surface area contributed by atoms with E-state index in [-0.39, 0.29) is 11.4 Å². The molecule has 0 heterocycles. The fraction of sp³-hybridized carbons (Fsp3) is 0.455. The van der Waals surface area contributed by atoms with Crippen LogP contribution >= 0.6 is 11.6 Å². The predicted molar refractivity (Wildman–Crippen MR) is 58.0 cm³/mol. The molecule has 0 aliphatic carbocycles. The first-order valence-electron chi connectivity index (χ1n) is 5.04. The molecule has 102 valence electrons. The van der Waals surface area contributed by atoms with E-state index in [2.05, 4.69) is 4.74 Å². The minimum atomic E-state index is -4.42. The molecular weight excluding hydrogens is 276 g/mol. The van der Waals surface area contributed by atoms with Crippen LogP contribution in [0.5, 0.6) is 0 Å². The Morgan fingerprint density at radius 3 is 2.56 bits per heavy atom. The van der Waals surface area contributed by atoms with Crippen molar-refractivity contribution in [3.63, 3.8) is 0 Å². The summed E-state index contributed by atoms with van der Waals surface area (Å²) in [6.45, 7) is -1.86. The number of rotatable bonds is 5. The van der Waals surface area contributed by atoms with Gasteiger partial charge in [-0.2, -0.15) is 13.2 Å². The lowest BCUT2D eigenvalue weighted by Gasteiger charge is -2.13. The summed E-state index contributed by atoms with van der Waals surface area (Å²) < 4.78 is 52.4. The molecule has 0 bridgehead atoms. The Labute approximate surface area is 106 Å². The van der Waals surface area contributed by atoms with E-state index in [1.165, 1.54) is 12.1 Å². The molecule has 1 aromatic rings. The Morgan fingerprint density at radius 2 is 2.00 bits per heavy atom. The molecule has 0 aliphatic heterocycles. The number of hydrogen-bond acceptors (Lipinski definition) is 2. The zero-order chi connectivity index (χ0) is 13.8. The summed E-state index contributed by atoms with van der Waals surface area (Å²) in [4.78, 5) is 0. The first-order chi connectivity index (χ1) is 8.28. The SMILES string of the molecule is OC(COCC(F)(F)F)Cc1ccc(F)c(Cl)c1. The largest absolute Gasteiger partial charge is 0.411 e. The fourth-order valence-corrected chi connectivity index (χ4v) is 1.51. The average molecular weight is 287 g/mol. The Balaban J connectivity index is 2.40. The lowest BCUT2D eigenvalue weighted by Crippen LogP contribution is -2.24. The van der Waals surface area contributed by atoms with E-state index in [0.29, 0.717) is 5.56 Å². The van der Waals surface area contributed by atoms with Crippen LogP contribution in [-0.4, -0.2) is 30.6 Å². The zero-order valence-corrected chi connectivity index (χ0v) is 9.93. The molecule has 0 spiro atoms. The van der Waals surface area contributed by atoms with Gasteiger partial charge in [0.25, 0.3) is 0 Å². The summed E-state index contributed by atoms with van der Waals surface area (Å²) >= 11 is 5.52. The summed E-state index contributed by atoms with van der Waals surface area (Å²) in [5, 5.41) is 9.33. The second-order valence-electron chi connectivity index (χ2n) is 3.74. The summed E-state index contributed by atoms with van der Waals surface area (Å²) in [6, 6.07) is 3.83. The van der Waals surface area contributed by atoms with Gasteiger partial charge >= 0.3 is 6.18 Å². The van der Waals surface area contributed by atoms with Gasteiger partial charge in [-0.1, -0.05) is 17.7 Å². The van der Waals surface area contributed by atoms with Gasteiger partial charge in [-0.3, -0.25) is 0 Å². The van der Waals surface area contributed by atoms with E-state index >= 15 is 0 Å². The summed E-state index contributed by atoms with van der Waals surface area (Å²) in [7, 11) is 0. The first-order valence-corrected chi connectivity index (χ1v) is 5.42. The third-order valence-corrected chi connectivity index (χ3v) is 2.32. The van der Waals surface area contributed by atoms with Gasteiger partial charge in [0.1, 0.15) is 12.4 Å². The molecule has 1 atom stereocenters. The summed E-state index contributed by atoms with van der Waals surface area (Å²) in [6.07, 6.45) is -5.48. The van der Waals surface area contributed by atoms with Crippen LogP contribution in [0.1, 0.15) is 5.56 Å². The molecule has 1 rings (SSSR count). The van der Waals surface area contributed by atoms with Gasteiger partial charge in [0.15, 0.2) is 0 Å². The molecule has 1 N–H and O–H groups in total. The molecule has 0 amide bonds. The van der Waals surface area contributed by atoms with E-state index < -0.39 is 31.3 Å². The molecular formula is C11H11ClF4O2. The van der Waals surface area contributed by atoms with Crippen LogP contribution in [0, 0.1) is 5.82 Å². The highest BCUT2D eigenvalue weighted by Crippen LogP contribution is 2.18.